The molecule has 0 aromatic rings. The SMILES string of the molecule is CCCCCCCCCCCCCCCCCCCCCCCCCCCCCCCCCCCCCCC(=O)OC(COC(=O)CCCCCCCCCCCCCCCCCCCCCCCCCCCCCC)COP(=O)(O)OCCN. The summed E-state index contributed by atoms with van der Waals surface area (Å²) in [7, 11) is -4.39. The van der Waals surface area contributed by atoms with E-state index in [4.69, 9.17) is 24.3 Å². The summed E-state index contributed by atoms with van der Waals surface area (Å²) in [6.07, 6.45) is 86.7. The maximum Gasteiger partial charge on any atom is 0.472 e. The van der Waals surface area contributed by atoms with Crippen LogP contribution in [0.5, 0.6) is 0 Å². The molecule has 0 heterocycles. The Morgan fingerprint density at radius 3 is 0.718 bits per heavy atom. The van der Waals surface area contributed by atoms with Crippen molar-refractivity contribution in [1.29, 1.82) is 0 Å². The van der Waals surface area contributed by atoms with Gasteiger partial charge in [0.05, 0.1) is 13.2 Å². The molecule has 2 unspecified atom stereocenters. The number of ether oxygens (including phenoxy) is 2. The monoisotopic (exact) mass is 1220 g/mol. The number of phosphoric acid groups is 1. The zero-order chi connectivity index (χ0) is 61.6. The zero-order valence-electron chi connectivity index (χ0n) is 57.4. The van der Waals surface area contributed by atoms with Gasteiger partial charge in [-0.2, -0.15) is 0 Å². The van der Waals surface area contributed by atoms with Crippen LogP contribution in [0.4, 0.5) is 0 Å². The quantitative estimate of drug-likeness (QED) is 0.0347. The van der Waals surface area contributed by atoms with E-state index in [2.05, 4.69) is 13.8 Å². The van der Waals surface area contributed by atoms with E-state index in [-0.39, 0.29) is 32.1 Å². The third-order valence-electron chi connectivity index (χ3n) is 18.0. The lowest BCUT2D eigenvalue weighted by molar-refractivity contribution is -0.161. The normalized spacial score (nSPS) is 12.8. The van der Waals surface area contributed by atoms with E-state index in [1.54, 1.807) is 0 Å². The Bertz CT molecular complexity index is 1350. The molecule has 3 N–H and O–H groups in total. The first kappa shape index (κ1) is 84.0. The van der Waals surface area contributed by atoms with Crippen molar-refractivity contribution < 1.29 is 37.6 Å². The highest BCUT2D eigenvalue weighted by molar-refractivity contribution is 7.47. The molecule has 0 rings (SSSR count). The first-order valence-electron chi connectivity index (χ1n) is 38.5. The molecule has 0 aromatic heterocycles. The summed E-state index contributed by atoms with van der Waals surface area (Å²) in [5, 5.41) is 0. The lowest BCUT2D eigenvalue weighted by atomic mass is 10.0. The summed E-state index contributed by atoms with van der Waals surface area (Å²) in [6.45, 7) is 3.86. The van der Waals surface area contributed by atoms with Crippen LogP contribution in [0.1, 0.15) is 438 Å². The van der Waals surface area contributed by atoms with Gasteiger partial charge in [-0.15, -0.1) is 0 Å². The molecule has 0 radical (unpaired) electrons. The van der Waals surface area contributed by atoms with Gasteiger partial charge in [0.2, 0.25) is 0 Å². The maximum absolute atomic E-state index is 12.8. The third kappa shape index (κ3) is 72.0. The number of carbonyl (C=O) groups is 2. The van der Waals surface area contributed by atoms with Crippen LogP contribution in [0.2, 0.25) is 0 Å². The van der Waals surface area contributed by atoms with Crippen molar-refractivity contribution in [3.05, 3.63) is 0 Å². The second-order valence-electron chi connectivity index (χ2n) is 26.6. The number of rotatable bonds is 75. The lowest BCUT2D eigenvalue weighted by Gasteiger charge is -2.19. The van der Waals surface area contributed by atoms with Crippen LogP contribution in [0.15, 0.2) is 0 Å². The van der Waals surface area contributed by atoms with Crippen molar-refractivity contribution in [1.82, 2.24) is 0 Å². The molecule has 508 valence electrons. The summed E-state index contributed by atoms with van der Waals surface area (Å²) >= 11 is 0. The predicted molar refractivity (Wildman–Crippen MR) is 368 cm³/mol. The van der Waals surface area contributed by atoms with E-state index < -0.39 is 26.5 Å². The Hall–Kier alpha value is -0.990. The van der Waals surface area contributed by atoms with Crippen molar-refractivity contribution in [2.24, 2.45) is 5.73 Å². The Morgan fingerprint density at radius 1 is 0.306 bits per heavy atom. The molecule has 0 spiro atoms. The molecule has 2 atom stereocenters. The van der Waals surface area contributed by atoms with Crippen LogP contribution in [0.25, 0.3) is 0 Å². The molecule has 0 bridgehead atoms. The molecule has 0 fully saturated rings. The Morgan fingerprint density at radius 2 is 0.506 bits per heavy atom. The minimum absolute atomic E-state index is 0.0589. The minimum Gasteiger partial charge on any atom is -0.462 e. The van der Waals surface area contributed by atoms with Crippen LogP contribution in [0, 0.1) is 0 Å². The molecular weight excluding hydrogens is 1070 g/mol. The molecule has 0 saturated heterocycles. The van der Waals surface area contributed by atoms with Crippen molar-refractivity contribution in [3.63, 3.8) is 0 Å². The highest BCUT2D eigenvalue weighted by Crippen LogP contribution is 2.43. The van der Waals surface area contributed by atoms with Gasteiger partial charge in [-0.25, -0.2) is 4.57 Å². The number of hydrogen-bond acceptors (Lipinski definition) is 8. The summed E-state index contributed by atoms with van der Waals surface area (Å²) in [6, 6.07) is 0. The number of unbranched alkanes of at least 4 members (excludes halogenated alkanes) is 62. The van der Waals surface area contributed by atoms with Crippen LogP contribution >= 0.6 is 7.82 Å². The summed E-state index contributed by atoms with van der Waals surface area (Å²) < 4.78 is 33.3. The molecule has 0 aromatic carbocycles. The topological polar surface area (TPSA) is 134 Å². The number of esters is 2. The zero-order valence-corrected chi connectivity index (χ0v) is 58.3. The van der Waals surface area contributed by atoms with E-state index in [1.807, 2.05) is 0 Å². The fraction of sp³-hybridized carbons (Fsp3) is 0.973. The number of carbonyl (C=O) groups excluding carboxylic acids is 2. The summed E-state index contributed by atoms with van der Waals surface area (Å²) in [5.74, 6) is -0.795. The van der Waals surface area contributed by atoms with E-state index in [1.165, 1.54) is 372 Å². The Balaban J connectivity index is 3.74. The first-order valence-corrected chi connectivity index (χ1v) is 40.0. The second-order valence-corrected chi connectivity index (χ2v) is 28.1. The molecule has 0 aliphatic rings. The van der Waals surface area contributed by atoms with Gasteiger partial charge in [-0.05, 0) is 12.8 Å². The number of nitrogens with two attached hydrogens (primary N) is 1. The molecule has 0 aliphatic carbocycles. The molecule has 0 amide bonds. The largest absolute Gasteiger partial charge is 0.472 e. The molecule has 85 heavy (non-hydrogen) atoms. The fourth-order valence-electron chi connectivity index (χ4n) is 12.3. The smallest absolute Gasteiger partial charge is 0.462 e. The number of hydrogen-bond donors (Lipinski definition) is 2. The van der Waals surface area contributed by atoms with Crippen molar-refractivity contribution >= 4 is 19.8 Å². The average Bonchev–Trinajstić information content (AvgIpc) is 3.52. The number of phosphoric ester groups is 1. The molecular formula is C75H150NO8P. The molecule has 0 saturated carbocycles. The van der Waals surface area contributed by atoms with Gasteiger partial charge in [-0.3, -0.25) is 18.6 Å². The average molecular weight is 1220 g/mol. The molecule has 10 heteroatoms. The first-order chi connectivity index (χ1) is 41.8. The lowest BCUT2D eigenvalue weighted by Crippen LogP contribution is -2.29. The molecule has 9 nitrogen and oxygen atoms in total. The highest BCUT2D eigenvalue weighted by Gasteiger charge is 2.26. The van der Waals surface area contributed by atoms with Gasteiger partial charge < -0.3 is 20.1 Å². The van der Waals surface area contributed by atoms with Gasteiger partial charge in [0.15, 0.2) is 6.10 Å². The summed E-state index contributed by atoms with van der Waals surface area (Å²) in [4.78, 5) is 35.4. The van der Waals surface area contributed by atoms with Crippen LogP contribution < -0.4 is 5.73 Å². The van der Waals surface area contributed by atoms with Crippen LogP contribution in [0.3, 0.4) is 0 Å². The predicted octanol–water partition coefficient (Wildman–Crippen LogP) is 25.3. The van der Waals surface area contributed by atoms with E-state index in [0.29, 0.717) is 12.8 Å². The van der Waals surface area contributed by atoms with E-state index in [0.717, 1.165) is 32.1 Å². The van der Waals surface area contributed by atoms with Gasteiger partial charge in [-0.1, -0.05) is 412 Å². The fourth-order valence-corrected chi connectivity index (χ4v) is 13.1. The van der Waals surface area contributed by atoms with Crippen LogP contribution in [-0.4, -0.2) is 49.3 Å². The maximum atomic E-state index is 12.8. The van der Waals surface area contributed by atoms with Gasteiger partial charge in [0.25, 0.3) is 0 Å². The van der Waals surface area contributed by atoms with E-state index in [9.17, 15) is 19.0 Å². The Labute approximate surface area is 530 Å². The highest BCUT2D eigenvalue weighted by atomic mass is 31.2. The Kier molecular flexibility index (Phi) is 71.2. The second kappa shape index (κ2) is 72.1. The van der Waals surface area contributed by atoms with Gasteiger partial charge in [0, 0.05) is 19.4 Å². The molecule has 0 aliphatic heterocycles. The van der Waals surface area contributed by atoms with Crippen LogP contribution in [-0.2, 0) is 32.7 Å². The summed E-state index contributed by atoms with van der Waals surface area (Å²) in [5.41, 5.74) is 5.41. The van der Waals surface area contributed by atoms with E-state index >= 15 is 0 Å². The van der Waals surface area contributed by atoms with Gasteiger partial charge >= 0.3 is 19.8 Å². The standard InChI is InChI=1S/C75H150NO8P/c1-3-5-7-9-11-13-15-17-19-21-23-25-27-29-31-33-34-35-36-37-38-39-40-42-44-46-48-50-52-54-56-58-60-62-64-66-68-75(78)84-73(72-83-85(79,80)82-70-69-76)71-81-74(77)67-65-63-61-59-57-55-53-51-49-47-45-43-41-32-30-28-26-24-22-20-18-16-14-12-10-8-6-4-2/h73H,3-72,76H2,1-2H3,(H,79,80). The van der Waals surface area contributed by atoms with Crippen molar-refractivity contribution in [3.8, 4) is 0 Å². The minimum atomic E-state index is -4.39. The van der Waals surface area contributed by atoms with Crippen molar-refractivity contribution in [2.45, 2.75) is 444 Å². The van der Waals surface area contributed by atoms with Gasteiger partial charge in [0.1, 0.15) is 6.61 Å². The van der Waals surface area contributed by atoms with Crippen molar-refractivity contribution in [2.75, 3.05) is 26.4 Å². The third-order valence-corrected chi connectivity index (χ3v) is 19.0.